The van der Waals surface area contributed by atoms with Crippen molar-refractivity contribution in [3.8, 4) is 0 Å². The number of hydrogen-bond donors (Lipinski definition) is 1. The molecule has 0 spiro atoms. The highest BCUT2D eigenvalue weighted by atomic mass is 15.4. The van der Waals surface area contributed by atoms with Crippen LogP contribution in [-0.4, -0.2) is 18.1 Å². The predicted molar refractivity (Wildman–Crippen MR) is 82.5 cm³/mol. The number of unbranched alkanes of at least 4 members (excludes halogenated alkanes) is 10. The minimum absolute atomic E-state index is 1.08. The molecule has 0 aliphatic heterocycles. The summed E-state index contributed by atoms with van der Waals surface area (Å²) in [7, 11) is 0. The zero-order chi connectivity index (χ0) is 13.5. The zero-order valence-electron chi connectivity index (χ0n) is 12.9. The molecule has 110 valence electrons. The molecular weight excluding hydrogens is 220 g/mol. The van der Waals surface area contributed by atoms with Gasteiger partial charge in [-0.15, -0.1) is 0 Å². The van der Waals surface area contributed by atoms with Gasteiger partial charge in [0.2, 0.25) is 0 Å². The maximum Gasteiger partial charge on any atom is 0.0128 e. The lowest BCUT2D eigenvalue weighted by molar-refractivity contribution is 0.268. The van der Waals surface area contributed by atoms with Crippen LogP contribution in [0.2, 0.25) is 0 Å². The van der Waals surface area contributed by atoms with E-state index in [4.69, 9.17) is 5.84 Å². The first kappa shape index (κ1) is 17.9. The number of nitrogens with zero attached hydrogens (tertiary/aromatic N) is 1. The van der Waals surface area contributed by atoms with Gasteiger partial charge in [-0.1, -0.05) is 78.1 Å². The molecule has 0 aliphatic rings. The maximum absolute atomic E-state index is 5.97. The Labute approximate surface area is 115 Å². The molecular formula is C16H36N2. The molecule has 0 fully saturated rings. The average molecular weight is 256 g/mol. The first-order chi connectivity index (χ1) is 8.81. The van der Waals surface area contributed by atoms with Gasteiger partial charge < -0.3 is 0 Å². The van der Waals surface area contributed by atoms with Gasteiger partial charge in [0.05, 0.1) is 0 Å². The molecule has 0 heterocycles. The van der Waals surface area contributed by atoms with E-state index >= 15 is 0 Å². The fourth-order valence-corrected chi connectivity index (χ4v) is 2.30. The van der Waals surface area contributed by atoms with Crippen LogP contribution < -0.4 is 5.84 Å². The molecule has 0 rings (SSSR count). The molecule has 0 saturated heterocycles. The lowest BCUT2D eigenvalue weighted by Gasteiger charge is -2.15. The SMILES string of the molecule is CCCCCCCCCCN(N)CCCCCC. The summed E-state index contributed by atoms with van der Waals surface area (Å²) in [6, 6.07) is 0. The van der Waals surface area contributed by atoms with E-state index in [-0.39, 0.29) is 0 Å². The number of rotatable bonds is 14. The van der Waals surface area contributed by atoms with Crippen molar-refractivity contribution in [3.05, 3.63) is 0 Å². The molecule has 0 unspecified atom stereocenters. The van der Waals surface area contributed by atoms with Crippen LogP contribution in [0.1, 0.15) is 90.9 Å². The quantitative estimate of drug-likeness (QED) is 0.272. The Morgan fingerprint density at radius 3 is 1.33 bits per heavy atom. The van der Waals surface area contributed by atoms with Crippen LogP contribution in [-0.2, 0) is 0 Å². The highest BCUT2D eigenvalue weighted by Gasteiger charge is 1.98. The summed E-state index contributed by atoms with van der Waals surface area (Å²) in [6.45, 7) is 6.69. The summed E-state index contributed by atoms with van der Waals surface area (Å²) in [5, 5.41) is 2.02. The predicted octanol–water partition coefficient (Wildman–Crippen LogP) is 4.88. The van der Waals surface area contributed by atoms with Crippen LogP contribution in [0.25, 0.3) is 0 Å². The van der Waals surface area contributed by atoms with E-state index in [0.29, 0.717) is 0 Å². The molecule has 0 amide bonds. The third kappa shape index (κ3) is 14.0. The van der Waals surface area contributed by atoms with Crippen molar-refractivity contribution in [2.24, 2.45) is 5.84 Å². The number of nitrogens with two attached hydrogens (primary N) is 1. The highest BCUT2D eigenvalue weighted by Crippen LogP contribution is 2.08. The molecule has 0 aromatic heterocycles. The van der Waals surface area contributed by atoms with Gasteiger partial charge in [0, 0.05) is 13.1 Å². The molecule has 0 saturated carbocycles. The Kier molecular flexibility index (Phi) is 14.9. The second-order valence-corrected chi connectivity index (χ2v) is 5.57. The largest absolute Gasteiger partial charge is 0.269 e. The fraction of sp³-hybridized carbons (Fsp3) is 1.00. The second kappa shape index (κ2) is 15.0. The molecule has 0 aliphatic carbocycles. The third-order valence-electron chi connectivity index (χ3n) is 3.60. The molecule has 2 N–H and O–H groups in total. The van der Waals surface area contributed by atoms with Crippen LogP contribution in [0.15, 0.2) is 0 Å². The standard InChI is InChI=1S/C16H36N2/c1-3-5-7-9-10-11-12-14-16-18(17)15-13-8-6-4-2/h3-17H2,1-2H3. The summed E-state index contributed by atoms with van der Waals surface area (Å²) in [5.74, 6) is 5.97. The van der Waals surface area contributed by atoms with E-state index in [9.17, 15) is 0 Å². The summed E-state index contributed by atoms with van der Waals surface area (Å²) < 4.78 is 0. The van der Waals surface area contributed by atoms with Crippen LogP contribution in [0.5, 0.6) is 0 Å². The van der Waals surface area contributed by atoms with Gasteiger partial charge in [-0.05, 0) is 12.8 Å². The first-order valence-corrected chi connectivity index (χ1v) is 8.30. The Hall–Kier alpha value is -0.0800. The Balaban J connectivity index is 3.08. The lowest BCUT2D eigenvalue weighted by Crippen LogP contribution is -2.32. The molecule has 0 radical (unpaired) electrons. The van der Waals surface area contributed by atoms with E-state index in [0.717, 1.165) is 13.1 Å². The molecule has 18 heavy (non-hydrogen) atoms. The molecule has 2 heteroatoms. The monoisotopic (exact) mass is 256 g/mol. The summed E-state index contributed by atoms with van der Waals surface area (Å²) in [5.41, 5.74) is 0. The summed E-state index contributed by atoms with van der Waals surface area (Å²) >= 11 is 0. The van der Waals surface area contributed by atoms with Crippen molar-refractivity contribution in [3.63, 3.8) is 0 Å². The average Bonchev–Trinajstić information content (AvgIpc) is 2.38. The zero-order valence-corrected chi connectivity index (χ0v) is 12.9. The van der Waals surface area contributed by atoms with Crippen LogP contribution >= 0.6 is 0 Å². The van der Waals surface area contributed by atoms with Crippen LogP contribution in [0.4, 0.5) is 0 Å². The summed E-state index contributed by atoms with van der Waals surface area (Å²) in [4.78, 5) is 0. The topological polar surface area (TPSA) is 29.3 Å². The van der Waals surface area contributed by atoms with Crippen molar-refractivity contribution in [2.45, 2.75) is 90.9 Å². The third-order valence-corrected chi connectivity index (χ3v) is 3.60. The van der Waals surface area contributed by atoms with Crippen molar-refractivity contribution in [1.29, 1.82) is 0 Å². The molecule has 0 aromatic rings. The lowest BCUT2D eigenvalue weighted by atomic mass is 10.1. The maximum atomic E-state index is 5.97. The van der Waals surface area contributed by atoms with Gasteiger partial charge in [-0.25, -0.2) is 5.01 Å². The second-order valence-electron chi connectivity index (χ2n) is 5.57. The normalized spacial score (nSPS) is 11.3. The van der Waals surface area contributed by atoms with E-state index in [2.05, 4.69) is 13.8 Å². The number of hydrogen-bond acceptors (Lipinski definition) is 2. The van der Waals surface area contributed by atoms with E-state index < -0.39 is 0 Å². The van der Waals surface area contributed by atoms with Crippen LogP contribution in [0.3, 0.4) is 0 Å². The number of hydrazine groups is 1. The molecule has 0 aromatic carbocycles. The van der Waals surface area contributed by atoms with Crippen molar-refractivity contribution in [2.75, 3.05) is 13.1 Å². The minimum Gasteiger partial charge on any atom is -0.269 e. The Bertz CT molecular complexity index is 148. The van der Waals surface area contributed by atoms with Gasteiger partial charge in [0.15, 0.2) is 0 Å². The van der Waals surface area contributed by atoms with Crippen molar-refractivity contribution < 1.29 is 0 Å². The smallest absolute Gasteiger partial charge is 0.0128 e. The van der Waals surface area contributed by atoms with Gasteiger partial charge in [-0.3, -0.25) is 5.84 Å². The van der Waals surface area contributed by atoms with Crippen LogP contribution in [0, 0.1) is 0 Å². The summed E-state index contributed by atoms with van der Waals surface area (Å²) in [6.07, 6.45) is 16.3. The van der Waals surface area contributed by atoms with Crippen molar-refractivity contribution >= 4 is 0 Å². The van der Waals surface area contributed by atoms with Crippen molar-refractivity contribution in [1.82, 2.24) is 5.01 Å². The Morgan fingerprint density at radius 1 is 0.556 bits per heavy atom. The van der Waals surface area contributed by atoms with E-state index in [1.54, 1.807) is 0 Å². The Morgan fingerprint density at radius 2 is 0.889 bits per heavy atom. The minimum atomic E-state index is 1.08. The fourth-order valence-electron chi connectivity index (χ4n) is 2.30. The first-order valence-electron chi connectivity index (χ1n) is 8.30. The van der Waals surface area contributed by atoms with Gasteiger partial charge in [-0.2, -0.15) is 0 Å². The molecule has 0 bridgehead atoms. The van der Waals surface area contributed by atoms with Gasteiger partial charge in [0.25, 0.3) is 0 Å². The van der Waals surface area contributed by atoms with E-state index in [1.165, 1.54) is 77.0 Å². The van der Waals surface area contributed by atoms with Gasteiger partial charge >= 0.3 is 0 Å². The van der Waals surface area contributed by atoms with E-state index in [1.807, 2.05) is 5.01 Å². The van der Waals surface area contributed by atoms with Gasteiger partial charge in [0.1, 0.15) is 0 Å². The highest BCUT2D eigenvalue weighted by molar-refractivity contribution is 4.52. The molecule has 2 nitrogen and oxygen atoms in total. The molecule has 0 atom stereocenters.